The van der Waals surface area contributed by atoms with E-state index in [1.54, 1.807) is 16.2 Å². The van der Waals surface area contributed by atoms with Crippen molar-refractivity contribution < 1.29 is 4.79 Å². The average molecular weight is 323 g/mol. The predicted molar refractivity (Wildman–Crippen MR) is 90.3 cm³/mol. The summed E-state index contributed by atoms with van der Waals surface area (Å²) >= 11 is 1.72. The van der Waals surface area contributed by atoms with Gasteiger partial charge >= 0.3 is 0 Å². The topological polar surface area (TPSA) is 69.6 Å². The number of hydrogen-bond donors (Lipinski definition) is 2. The largest absolute Gasteiger partial charge is 0.357 e. The van der Waals surface area contributed by atoms with Crippen molar-refractivity contribution in [3.63, 3.8) is 0 Å². The molecule has 0 saturated carbocycles. The third kappa shape index (κ3) is 4.98. The van der Waals surface area contributed by atoms with Crippen molar-refractivity contribution in [1.82, 2.24) is 20.5 Å². The number of aliphatic imine (C=N–C) groups is 1. The minimum atomic E-state index is 0.221. The van der Waals surface area contributed by atoms with E-state index in [4.69, 9.17) is 0 Å². The number of thiazole rings is 1. The Morgan fingerprint density at radius 2 is 2.41 bits per heavy atom. The molecule has 1 fully saturated rings. The standard InChI is InChI=1S/C15H25N5OS/c1-4-16-15(17-8-7-13-18-9-11(2)22-13)19-12-5-6-14(21)20(3)10-12/h9,12H,4-8,10H2,1-3H3,(H2,16,17,19). The molecule has 2 heterocycles. The summed E-state index contributed by atoms with van der Waals surface area (Å²) in [7, 11) is 1.85. The van der Waals surface area contributed by atoms with Crippen LogP contribution >= 0.6 is 11.3 Å². The molecular weight excluding hydrogens is 298 g/mol. The Bertz CT molecular complexity index is 528. The second-order valence-electron chi connectivity index (χ2n) is 5.53. The lowest BCUT2D eigenvalue weighted by Crippen LogP contribution is -2.51. The highest BCUT2D eigenvalue weighted by atomic mass is 32.1. The van der Waals surface area contributed by atoms with E-state index in [-0.39, 0.29) is 11.9 Å². The van der Waals surface area contributed by atoms with Gasteiger partial charge in [0.2, 0.25) is 5.91 Å². The van der Waals surface area contributed by atoms with Gasteiger partial charge in [0.15, 0.2) is 5.96 Å². The number of likely N-dealkylation sites (tertiary alicyclic amines) is 1. The molecule has 0 aromatic carbocycles. The summed E-state index contributed by atoms with van der Waals surface area (Å²) in [6.07, 6.45) is 4.23. The lowest BCUT2D eigenvalue weighted by molar-refractivity contribution is -0.132. The van der Waals surface area contributed by atoms with Crippen molar-refractivity contribution in [3.8, 4) is 0 Å². The third-order valence-electron chi connectivity index (χ3n) is 3.58. The van der Waals surface area contributed by atoms with E-state index in [1.807, 2.05) is 13.2 Å². The van der Waals surface area contributed by atoms with Gasteiger partial charge in [-0.15, -0.1) is 11.3 Å². The molecule has 2 rings (SSSR count). The van der Waals surface area contributed by atoms with Crippen LogP contribution in [-0.2, 0) is 11.2 Å². The molecular formula is C15H25N5OS. The molecule has 7 heteroatoms. The van der Waals surface area contributed by atoms with Crippen LogP contribution in [0, 0.1) is 6.92 Å². The number of rotatable bonds is 5. The number of aromatic nitrogens is 1. The Labute approximate surface area is 136 Å². The SMILES string of the molecule is CCNC(=NCCc1ncc(C)s1)NC1CCC(=O)N(C)C1. The number of carbonyl (C=O) groups is 1. The fourth-order valence-electron chi connectivity index (χ4n) is 2.42. The second kappa shape index (κ2) is 8.12. The predicted octanol–water partition coefficient (Wildman–Crippen LogP) is 1.17. The molecule has 0 aliphatic carbocycles. The maximum absolute atomic E-state index is 11.5. The normalized spacial score (nSPS) is 19.4. The van der Waals surface area contributed by atoms with Crippen LogP contribution < -0.4 is 10.6 Å². The molecule has 1 aliphatic heterocycles. The maximum atomic E-state index is 11.5. The molecule has 1 saturated heterocycles. The highest BCUT2D eigenvalue weighted by Gasteiger charge is 2.23. The van der Waals surface area contributed by atoms with Crippen molar-refractivity contribution >= 4 is 23.2 Å². The Hall–Kier alpha value is -1.63. The Kier molecular flexibility index (Phi) is 6.18. The van der Waals surface area contributed by atoms with Crippen LogP contribution in [0.1, 0.15) is 29.7 Å². The molecule has 0 spiro atoms. The summed E-state index contributed by atoms with van der Waals surface area (Å²) in [5, 5.41) is 7.82. The van der Waals surface area contributed by atoms with Crippen LogP contribution in [0.15, 0.2) is 11.2 Å². The van der Waals surface area contributed by atoms with Crippen LogP contribution in [-0.4, -0.2) is 54.5 Å². The van der Waals surface area contributed by atoms with Gasteiger partial charge in [0, 0.05) is 56.6 Å². The van der Waals surface area contributed by atoms with E-state index in [0.29, 0.717) is 13.0 Å². The van der Waals surface area contributed by atoms with Crippen LogP contribution in [0.5, 0.6) is 0 Å². The minimum Gasteiger partial charge on any atom is -0.357 e. The first-order chi connectivity index (χ1) is 10.6. The molecule has 0 radical (unpaired) electrons. The van der Waals surface area contributed by atoms with Crippen LogP contribution in [0.4, 0.5) is 0 Å². The first-order valence-corrected chi connectivity index (χ1v) is 8.60. The van der Waals surface area contributed by atoms with Crippen molar-refractivity contribution in [1.29, 1.82) is 0 Å². The van der Waals surface area contributed by atoms with Crippen molar-refractivity contribution in [2.75, 3.05) is 26.7 Å². The van der Waals surface area contributed by atoms with E-state index < -0.39 is 0 Å². The Balaban J connectivity index is 1.85. The second-order valence-corrected chi connectivity index (χ2v) is 6.85. The quantitative estimate of drug-likeness (QED) is 0.630. The number of nitrogens with one attached hydrogen (secondary N) is 2. The van der Waals surface area contributed by atoms with Gasteiger partial charge in [-0.2, -0.15) is 0 Å². The van der Waals surface area contributed by atoms with Gasteiger partial charge in [0.1, 0.15) is 0 Å². The highest BCUT2D eigenvalue weighted by molar-refractivity contribution is 7.11. The first-order valence-electron chi connectivity index (χ1n) is 7.78. The van der Waals surface area contributed by atoms with Crippen molar-refractivity contribution in [2.24, 2.45) is 4.99 Å². The van der Waals surface area contributed by atoms with Gasteiger partial charge in [0.05, 0.1) is 5.01 Å². The molecule has 1 aliphatic rings. The van der Waals surface area contributed by atoms with Gasteiger partial charge in [-0.05, 0) is 20.3 Å². The first kappa shape index (κ1) is 16.7. The lowest BCUT2D eigenvalue weighted by atomic mass is 10.1. The molecule has 1 unspecified atom stereocenters. The molecule has 22 heavy (non-hydrogen) atoms. The number of aryl methyl sites for hydroxylation is 1. The number of amides is 1. The van der Waals surface area contributed by atoms with Crippen molar-refractivity contribution in [3.05, 3.63) is 16.1 Å². The van der Waals surface area contributed by atoms with E-state index in [0.717, 1.165) is 36.9 Å². The molecule has 6 nitrogen and oxygen atoms in total. The van der Waals surface area contributed by atoms with Gasteiger partial charge < -0.3 is 15.5 Å². The summed E-state index contributed by atoms with van der Waals surface area (Å²) < 4.78 is 0. The fraction of sp³-hybridized carbons (Fsp3) is 0.667. The van der Waals surface area contributed by atoms with Crippen LogP contribution in [0.2, 0.25) is 0 Å². The average Bonchev–Trinajstić information content (AvgIpc) is 2.89. The number of piperidine rings is 1. The third-order valence-corrected chi connectivity index (χ3v) is 4.55. The van der Waals surface area contributed by atoms with Gasteiger partial charge in [-0.3, -0.25) is 9.79 Å². The zero-order valence-corrected chi connectivity index (χ0v) is 14.4. The number of likely N-dealkylation sites (N-methyl/N-ethyl adjacent to an activating group) is 1. The maximum Gasteiger partial charge on any atom is 0.222 e. The van der Waals surface area contributed by atoms with Crippen LogP contribution in [0.25, 0.3) is 0 Å². The van der Waals surface area contributed by atoms with Crippen LogP contribution in [0.3, 0.4) is 0 Å². The monoisotopic (exact) mass is 323 g/mol. The summed E-state index contributed by atoms with van der Waals surface area (Å²) in [5.41, 5.74) is 0. The number of nitrogens with zero attached hydrogens (tertiary/aromatic N) is 3. The van der Waals surface area contributed by atoms with E-state index in [9.17, 15) is 4.79 Å². The molecule has 122 valence electrons. The fourth-order valence-corrected chi connectivity index (χ4v) is 3.20. The smallest absolute Gasteiger partial charge is 0.222 e. The van der Waals surface area contributed by atoms with E-state index >= 15 is 0 Å². The lowest BCUT2D eigenvalue weighted by Gasteiger charge is -2.31. The highest BCUT2D eigenvalue weighted by Crippen LogP contribution is 2.12. The molecule has 2 N–H and O–H groups in total. The van der Waals surface area contributed by atoms with Gasteiger partial charge in [0.25, 0.3) is 0 Å². The van der Waals surface area contributed by atoms with Gasteiger partial charge in [-0.25, -0.2) is 4.98 Å². The summed E-state index contributed by atoms with van der Waals surface area (Å²) in [5.74, 6) is 1.04. The molecule has 1 amide bonds. The van der Waals surface area contributed by atoms with Gasteiger partial charge in [-0.1, -0.05) is 0 Å². The number of carbonyl (C=O) groups excluding carboxylic acids is 1. The zero-order chi connectivity index (χ0) is 15.9. The summed E-state index contributed by atoms with van der Waals surface area (Å²) in [6, 6.07) is 0.266. The van der Waals surface area contributed by atoms with E-state index in [1.165, 1.54) is 4.88 Å². The summed E-state index contributed by atoms with van der Waals surface area (Å²) in [4.78, 5) is 23.5. The van der Waals surface area contributed by atoms with E-state index in [2.05, 4.69) is 34.5 Å². The summed E-state index contributed by atoms with van der Waals surface area (Å²) in [6.45, 7) is 6.39. The zero-order valence-electron chi connectivity index (χ0n) is 13.6. The Morgan fingerprint density at radius 1 is 1.59 bits per heavy atom. The number of hydrogen-bond acceptors (Lipinski definition) is 4. The molecule has 0 bridgehead atoms. The molecule has 1 aromatic heterocycles. The van der Waals surface area contributed by atoms with Crippen molar-refractivity contribution in [2.45, 2.75) is 39.2 Å². The number of guanidine groups is 1. The Morgan fingerprint density at radius 3 is 3.05 bits per heavy atom. The minimum absolute atomic E-state index is 0.221. The molecule has 1 aromatic rings. The molecule has 1 atom stereocenters.